The van der Waals surface area contributed by atoms with E-state index in [0.717, 1.165) is 16.9 Å². The van der Waals surface area contributed by atoms with Gasteiger partial charge in [-0.2, -0.15) is 0 Å². The molecule has 0 radical (unpaired) electrons. The molecule has 30 heavy (non-hydrogen) atoms. The van der Waals surface area contributed by atoms with Gasteiger partial charge in [-0.1, -0.05) is 12.1 Å². The number of rotatable bonds is 7. The molecule has 2 aromatic rings. The molecule has 0 aromatic heterocycles. The zero-order valence-corrected chi connectivity index (χ0v) is 16.9. The Morgan fingerprint density at radius 1 is 0.833 bits per heavy atom. The second-order valence-corrected chi connectivity index (χ2v) is 6.73. The SMILES string of the molecule is COc1cc(C=C2C(=O)NC(=O)NC2=O)ccc1OCCOc1cc(C)cc(C)c1. The number of benzene rings is 2. The van der Waals surface area contributed by atoms with Crippen LogP contribution in [0.3, 0.4) is 0 Å². The predicted octanol–water partition coefficient (Wildman–Crippen LogP) is 2.52. The summed E-state index contributed by atoms with van der Waals surface area (Å²) in [4.78, 5) is 34.8. The van der Waals surface area contributed by atoms with Crippen molar-refractivity contribution in [3.63, 3.8) is 0 Å². The molecule has 0 saturated carbocycles. The van der Waals surface area contributed by atoms with Crippen LogP contribution in [0, 0.1) is 13.8 Å². The Morgan fingerprint density at radius 3 is 2.10 bits per heavy atom. The zero-order valence-electron chi connectivity index (χ0n) is 16.9. The van der Waals surface area contributed by atoms with Gasteiger partial charge in [0, 0.05) is 0 Å². The van der Waals surface area contributed by atoms with Gasteiger partial charge in [-0.3, -0.25) is 20.2 Å². The Balaban J connectivity index is 1.64. The molecule has 1 fully saturated rings. The third kappa shape index (κ3) is 5.16. The predicted molar refractivity (Wildman–Crippen MR) is 110 cm³/mol. The molecule has 2 aromatic carbocycles. The van der Waals surface area contributed by atoms with Crippen LogP contribution in [-0.4, -0.2) is 38.2 Å². The number of aryl methyl sites for hydroxylation is 2. The van der Waals surface area contributed by atoms with E-state index in [0.29, 0.717) is 30.3 Å². The van der Waals surface area contributed by atoms with Crippen LogP contribution in [0.25, 0.3) is 6.08 Å². The molecule has 0 bridgehead atoms. The summed E-state index contributed by atoms with van der Waals surface area (Å²) in [5, 5.41) is 4.05. The topological polar surface area (TPSA) is 103 Å². The van der Waals surface area contributed by atoms with Crippen molar-refractivity contribution in [3.8, 4) is 17.2 Å². The molecule has 2 N–H and O–H groups in total. The summed E-state index contributed by atoms with van der Waals surface area (Å²) in [5.74, 6) is 0.200. The van der Waals surface area contributed by atoms with Gasteiger partial charge in [0.15, 0.2) is 11.5 Å². The Hall–Kier alpha value is -3.81. The summed E-state index contributed by atoms with van der Waals surface area (Å²) >= 11 is 0. The molecule has 1 saturated heterocycles. The summed E-state index contributed by atoms with van der Waals surface area (Å²) < 4.78 is 16.8. The molecule has 8 heteroatoms. The van der Waals surface area contributed by atoms with Crippen LogP contribution < -0.4 is 24.8 Å². The zero-order chi connectivity index (χ0) is 21.7. The van der Waals surface area contributed by atoms with Crippen molar-refractivity contribution in [1.29, 1.82) is 0 Å². The second kappa shape index (κ2) is 9.13. The van der Waals surface area contributed by atoms with Crippen LogP contribution in [0.2, 0.25) is 0 Å². The number of methoxy groups -OCH3 is 1. The third-order valence-electron chi connectivity index (χ3n) is 4.25. The van der Waals surface area contributed by atoms with Gasteiger partial charge in [-0.25, -0.2) is 4.79 Å². The fourth-order valence-electron chi connectivity index (χ4n) is 2.99. The van der Waals surface area contributed by atoms with Gasteiger partial charge < -0.3 is 14.2 Å². The van der Waals surface area contributed by atoms with Crippen molar-refractivity contribution in [3.05, 3.63) is 58.7 Å². The van der Waals surface area contributed by atoms with E-state index in [9.17, 15) is 14.4 Å². The fourth-order valence-corrected chi connectivity index (χ4v) is 2.99. The van der Waals surface area contributed by atoms with Crippen molar-refractivity contribution in [1.82, 2.24) is 10.6 Å². The summed E-state index contributed by atoms with van der Waals surface area (Å²) in [6, 6.07) is 10.1. The van der Waals surface area contributed by atoms with Crippen molar-refractivity contribution >= 4 is 23.9 Å². The number of imide groups is 2. The average Bonchev–Trinajstić information content (AvgIpc) is 2.67. The highest BCUT2D eigenvalue weighted by Gasteiger charge is 2.27. The van der Waals surface area contributed by atoms with E-state index < -0.39 is 17.8 Å². The molecule has 3 rings (SSSR count). The first-order valence-electron chi connectivity index (χ1n) is 9.26. The maximum absolute atomic E-state index is 11.8. The molecule has 0 aliphatic carbocycles. The number of hydrogen-bond donors (Lipinski definition) is 2. The summed E-state index contributed by atoms with van der Waals surface area (Å²) in [6.07, 6.45) is 1.37. The number of barbiturate groups is 1. The Morgan fingerprint density at radius 2 is 1.47 bits per heavy atom. The Kier molecular flexibility index (Phi) is 6.36. The van der Waals surface area contributed by atoms with Crippen LogP contribution >= 0.6 is 0 Å². The number of urea groups is 1. The lowest BCUT2D eigenvalue weighted by molar-refractivity contribution is -0.123. The van der Waals surface area contributed by atoms with E-state index in [1.54, 1.807) is 18.2 Å². The fraction of sp³-hybridized carbons (Fsp3) is 0.227. The number of ether oxygens (including phenoxy) is 3. The van der Waals surface area contributed by atoms with Gasteiger partial charge in [0.2, 0.25) is 0 Å². The first-order chi connectivity index (χ1) is 14.4. The Labute approximate surface area is 173 Å². The maximum atomic E-state index is 11.8. The van der Waals surface area contributed by atoms with Crippen molar-refractivity contribution in [2.75, 3.05) is 20.3 Å². The summed E-state index contributed by atoms with van der Waals surface area (Å²) in [7, 11) is 1.49. The normalized spacial score (nSPS) is 13.4. The maximum Gasteiger partial charge on any atom is 0.328 e. The van der Waals surface area contributed by atoms with E-state index in [2.05, 4.69) is 6.07 Å². The van der Waals surface area contributed by atoms with E-state index >= 15 is 0 Å². The quantitative estimate of drug-likeness (QED) is 0.413. The van der Waals surface area contributed by atoms with Gasteiger partial charge in [0.05, 0.1) is 7.11 Å². The standard InChI is InChI=1S/C22H22N2O6/c1-13-8-14(2)10-16(9-13)29-6-7-30-18-5-4-15(12-19(18)28-3)11-17-20(25)23-22(27)24-21(17)26/h4-5,8-12H,6-7H2,1-3H3,(H2,23,24,25,26,27). The molecule has 156 valence electrons. The molecular formula is C22H22N2O6. The highest BCUT2D eigenvalue weighted by atomic mass is 16.5. The van der Waals surface area contributed by atoms with Crippen LogP contribution in [0.15, 0.2) is 42.0 Å². The van der Waals surface area contributed by atoms with Gasteiger partial charge in [0.25, 0.3) is 11.8 Å². The number of nitrogens with one attached hydrogen (secondary N) is 2. The number of amides is 4. The lowest BCUT2D eigenvalue weighted by Gasteiger charge is -2.15. The molecule has 4 amide bonds. The molecule has 0 spiro atoms. The van der Waals surface area contributed by atoms with Crippen LogP contribution in [0.5, 0.6) is 17.2 Å². The molecule has 1 aliphatic heterocycles. The van der Waals surface area contributed by atoms with Gasteiger partial charge in [-0.15, -0.1) is 0 Å². The average molecular weight is 410 g/mol. The number of carbonyl (C=O) groups excluding carboxylic acids is 3. The first-order valence-corrected chi connectivity index (χ1v) is 9.26. The minimum Gasteiger partial charge on any atom is -0.493 e. The molecule has 0 unspecified atom stereocenters. The third-order valence-corrected chi connectivity index (χ3v) is 4.25. The molecular weight excluding hydrogens is 388 g/mol. The van der Waals surface area contributed by atoms with Crippen LogP contribution in [0.1, 0.15) is 16.7 Å². The van der Waals surface area contributed by atoms with E-state index in [-0.39, 0.29) is 5.57 Å². The first kappa shape index (κ1) is 20.9. The minimum atomic E-state index is -0.841. The minimum absolute atomic E-state index is 0.174. The number of carbonyl (C=O) groups is 3. The molecule has 0 atom stereocenters. The second-order valence-electron chi connectivity index (χ2n) is 6.73. The monoisotopic (exact) mass is 410 g/mol. The largest absolute Gasteiger partial charge is 0.493 e. The highest BCUT2D eigenvalue weighted by molar-refractivity contribution is 6.31. The van der Waals surface area contributed by atoms with Gasteiger partial charge >= 0.3 is 6.03 Å². The van der Waals surface area contributed by atoms with Crippen LogP contribution in [-0.2, 0) is 9.59 Å². The van der Waals surface area contributed by atoms with Gasteiger partial charge in [0.1, 0.15) is 24.5 Å². The summed E-state index contributed by atoms with van der Waals surface area (Å²) in [5.41, 5.74) is 2.62. The van der Waals surface area contributed by atoms with E-state index in [1.807, 2.05) is 36.6 Å². The van der Waals surface area contributed by atoms with Crippen molar-refractivity contribution in [2.45, 2.75) is 13.8 Å². The van der Waals surface area contributed by atoms with E-state index in [1.165, 1.54) is 13.2 Å². The van der Waals surface area contributed by atoms with Crippen molar-refractivity contribution < 1.29 is 28.6 Å². The smallest absolute Gasteiger partial charge is 0.328 e. The molecule has 1 heterocycles. The Bertz CT molecular complexity index is 986. The van der Waals surface area contributed by atoms with Crippen LogP contribution in [0.4, 0.5) is 4.79 Å². The van der Waals surface area contributed by atoms with Gasteiger partial charge in [-0.05, 0) is 60.9 Å². The highest BCUT2D eigenvalue weighted by Crippen LogP contribution is 2.29. The van der Waals surface area contributed by atoms with E-state index in [4.69, 9.17) is 14.2 Å². The summed E-state index contributed by atoms with van der Waals surface area (Å²) in [6.45, 7) is 4.68. The molecule has 1 aliphatic rings. The number of hydrogen-bond acceptors (Lipinski definition) is 6. The lowest BCUT2D eigenvalue weighted by atomic mass is 10.1. The lowest BCUT2D eigenvalue weighted by Crippen LogP contribution is -2.51. The van der Waals surface area contributed by atoms with Crippen molar-refractivity contribution in [2.24, 2.45) is 0 Å². The molecule has 8 nitrogen and oxygen atoms in total.